The van der Waals surface area contributed by atoms with Gasteiger partial charge in [-0.25, -0.2) is 10.9 Å². The SMILES string of the molecule is COc1ccc(C2CC(C(=O)Nn3c(=S)[nH]c4ccccc4c3=O)NN2)cc1. The van der Waals surface area contributed by atoms with Gasteiger partial charge in [0, 0.05) is 6.04 Å². The first kappa shape index (κ1) is 18.4. The standard InChI is InChI=1S/C19H19N5O3S/c1-27-12-8-6-11(7-9-12)15-10-16(22-21-15)17(25)23-24-18(26)13-4-2-3-5-14(13)20-19(24)28/h2-9,15-16,21-22H,10H2,1H3,(H,20,28)(H,23,25). The third-order valence-electron chi connectivity index (χ3n) is 4.77. The number of H-pyrrole nitrogens is 1. The zero-order chi connectivity index (χ0) is 19.7. The van der Waals surface area contributed by atoms with Crippen molar-refractivity contribution in [3.8, 4) is 5.75 Å². The summed E-state index contributed by atoms with van der Waals surface area (Å²) in [5.74, 6) is 0.425. The van der Waals surface area contributed by atoms with Crippen molar-refractivity contribution < 1.29 is 9.53 Å². The highest BCUT2D eigenvalue weighted by atomic mass is 32.1. The molecule has 1 aromatic heterocycles. The average Bonchev–Trinajstić information content (AvgIpc) is 3.21. The molecule has 1 saturated heterocycles. The molecule has 1 fully saturated rings. The molecule has 4 rings (SSSR count). The van der Waals surface area contributed by atoms with E-state index in [1.807, 2.05) is 30.3 Å². The van der Waals surface area contributed by atoms with Crippen molar-refractivity contribution in [3.05, 3.63) is 69.2 Å². The summed E-state index contributed by atoms with van der Waals surface area (Å²) >= 11 is 5.23. The molecular formula is C19H19N5O3S. The number of nitrogens with one attached hydrogen (secondary N) is 4. The van der Waals surface area contributed by atoms with Crippen molar-refractivity contribution in [1.82, 2.24) is 20.5 Å². The number of aromatic amines is 1. The molecule has 1 amide bonds. The third kappa shape index (κ3) is 3.42. The van der Waals surface area contributed by atoms with Gasteiger partial charge in [-0.05, 0) is 48.5 Å². The number of aromatic nitrogens is 2. The Balaban J connectivity index is 1.51. The Morgan fingerprint density at radius 2 is 1.93 bits per heavy atom. The Hall–Kier alpha value is -3.01. The molecule has 2 aromatic carbocycles. The van der Waals surface area contributed by atoms with Gasteiger partial charge in [0.05, 0.1) is 18.0 Å². The minimum atomic E-state index is -0.514. The van der Waals surface area contributed by atoms with Crippen molar-refractivity contribution >= 4 is 29.0 Å². The van der Waals surface area contributed by atoms with Crippen LogP contribution in [0.3, 0.4) is 0 Å². The second kappa shape index (κ2) is 7.55. The number of para-hydroxylation sites is 1. The van der Waals surface area contributed by atoms with Gasteiger partial charge in [0.25, 0.3) is 11.5 Å². The van der Waals surface area contributed by atoms with Gasteiger partial charge in [-0.2, -0.15) is 4.68 Å². The van der Waals surface area contributed by atoms with Gasteiger partial charge in [-0.15, -0.1) is 0 Å². The maximum absolute atomic E-state index is 12.7. The third-order valence-corrected chi connectivity index (χ3v) is 5.05. The summed E-state index contributed by atoms with van der Waals surface area (Å²) in [5.41, 5.74) is 9.99. The van der Waals surface area contributed by atoms with E-state index in [-0.39, 0.29) is 22.3 Å². The summed E-state index contributed by atoms with van der Waals surface area (Å²) in [6.45, 7) is 0. The molecule has 28 heavy (non-hydrogen) atoms. The summed E-state index contributed by atoms with van der Waals surface area (Å²) in [4.78, 5) is 28.3. The van der Waals surface area contributed by atoms with Crippen LogP contribution in [0.2, 0.25) is 0 Å². The molecule has 0 spiro atoms. The fourth-order valence-electron chi connectivity index (χ4n) is 3.24. The first-order valence-electron chi connectivity index (χ1n) is 8.77. The predicted molar refractivity (Wildman–Crippen MR) is 108 cm³/mol. The predicted octanol–water partition coefficient (Wildman–Crippen LogP) is 1.75. The van der Waals surface area contributed by atoms with E-state index in [0.29, 0.717) is 17.3 Å². The maximum atomic E-state index is 12.7. The van der Waals surface area contributed by atoms with E-state index in [4.69, 9.17) is 17.0 Å². The number of hydrazine groups is 1. The van der Waals surface area contributed by atoms with Gasteiger partial charge in [0.15, 0.2) is 4.77 Å². The minimum Gasteiger partial charge on any atom is -0.497 e. The van der Waals surface area contributed by atoms with E-state index in [0.717, 1.165) is 16.0 Å². The Bertz CT molecular complexity index is 1140. The lowest BCUT2D eigenvalue weighted by atomic mass is 10.0. The number of ether oxygens (including phenoxy) is 1. The van der Waals surface area contributed by atoms with Crippen LogP contribution in [0.4, 0.5) is 0 Å². The number of amides is 1. The monoisotopic (exact) mass is 397 g/mol. The van der Waals surface area contributed by atoms with E-state index in [9.17, 15) is 9.59 Å². The molecule has 144 valence electrons. The fraction of sp³-hybridized carbons (Fsp3) is 0.211. The molecule has 3 aromatic rings. The number of hydrogen-bond donors (Lipinski definition) is 4. The molecule has 0 bridgehead atoms. The van der Waals surface area contributed by atoms with Gasteiger partial charge in [0.2, 0.25) is 0 Å². The van der Waals surface area contributed by atoms with E-state index in [2.05, 4.69) is 21.3 Å². The summed E-state index contributed by atoms with van der Waals surface area (Å²) in [6, 6.07) is 14.1. The van der Waals surface area contributed by atoms with Crippen LogP contribution < -0.4 is 26.6 Å². The topological polar surface area (TPSA) is 100 Å². The lowest BCUT2D eigenvalue weighted by Crippen LogP contribution is -2.45. The molecule has 1 aliphatic heterocycles. The van der Waals surface area contributed by atoms with Gasteiger partial charge in [-0.1, -0.05) is 24.3 Å². The van der Waals surface area contributed by atoms with E-state index < -0.39 is 6.04 Å². The Morgan fingerprint density at radius 1 is 1.18 bits per heavy atom. The summed E-state index contributed by atoms with van der Waals surface area (Å²) in [5, 5.41) is 0.449. The molecule has 2 atom stereocenters. The quantitative estimate of drug-likeness (QED) is 0.501. The molecule has 0 aliphatic carbocycles. The summed E-state index contributed by atoms with van der Waals surface area (Å²) in [6.07, 6.45) is 0.525. The zero-order valence-corrected chi connectivity index (χ0v) is 15.9. The van der Waals surface area contributed by atoms with Crippen LogP contribution in [0.15, 0.2) is 53.3 Å². The lowest BCUT2D eigenvalue weighted by Gasteiger charge is -2.13. The van der Waals surface area contributed by atoms with E-state index >= 15 is 0 Å². The van der Waals surface area contributed by atoms with Crippen LogP contribution in [0, 0.1) is 4.77 Å². The molecular weight excluding hydrogens is 378 g/mol. The Morgan fingerprint density at radius 3 is 2.68 bits per heavy atom. The highest BCUT2D eigenvalue weighted by Gasteiger charge is 2.30. The first-order valence-corrected chi connectivity index (χ1v) is 9.17. The normalized spacial score (nSPS) is 18.9. The van der Waals surface area contributed by atoms with Crippen LogP contribution in [0.25, 0.3) is 10.9 Å². The second-order valence-corrected chi connectivity index (χ2v) is 6.88. The van der Waals surface area contributed by atoms with Crippen LogP contribution in [-0.4, -0.2) is 28.7 Å². The molecule has 1 aliphatic rings. The first-order chi connectivity index (χ1) is 13.6. The fourth-order valence-corrected chi connectivity index (χ4v) is 3.47. The van der Waals surface area contributed by atoms with Gasteiger partial charge in [-0.3, -0.25) is 15.0 Å². The lowest BCUT2D eigenvalue weighted by molar-refractivity contribution is -0.118. The highest BCUT2D eigenvalue weighted by molar-refractivity contribution is 7.71. The van der Waals surface area contributed by atoms with Gasteiger partial charge in [0.1, 0.15) is 11.8 Å². The van der Waals surface area contributed by atoms with Crippen LogP contribution >= 0.6 is 12.2 Å². The number of rotatable bonds is 4. The number of carbonyl (C=O) groups is 1. The van der Waals surface area contributed by atoms with Crippen molar-refractivity contribution in [1.29, 1.82) is 0 Å². The van der Waals surface area contributed by atoms with E-state index in [1.54, 1.807) is 25.3 Å². The van der Waals surface area contributed by atoms with Gasteiger partial charge >= 0.3 is 0 Å². The van der Waals surface area contributed by atoms with Gasteiger partial charge < -0.3 is 9.72 Å². The van der Waals surface area contributed by atoms with Crippen molar-refractivity contribution in [2.45, 2.75) is 18.5 Å². The van der Waals surface area contributed by atoms with Crippen molar-refractivity contribution in [2.75, 3.05) is 12.5 Å². The molecule has 4 N–H and O–H groups in total. The average molecular weight is 397 g/mol. The van der Waals surface area contributed by atoms with Crippen LogP contribution in [-0.2, 0) is 4.79 Å². The maximum Gasteiger partial charge on any atom is 0.281 e. The van der Waals surface area contributed by atoms with Crippen LogP contribution in [0.5, 0.6) is 5.75 Å². The molecule has 2 unspecified atom stereocenters. The second-order valence-electron chi connectivity index (χ2n) is 6.50. The molecule has 2 heterocycles. The number of benzene rings is 2. The number of fused-ring (bicyclic) bond motifs is 1. The molecule has 9 heteroatoms. The molecule has 0 radical (unpaired) electrons. The zero-order valence-electron chi connectivity index (χ0n) is 15.1. The Labute approximate surface area is 165 Å². The van der Waals surface area contributed by atoms with Crippen molar-refractivity contribution in [3.63, 3.8) is 0 Å². The summed E-state index contributed by atoms with van der Waals surface area (Å²) in [7, 11) is 1.62. The van der Waals surface area contributed by atoms with E-state index in [1.165, 1.54) is 0 Å². The smallest absolute Gasteiger partial charge is 0.281 e. The number of hydrogen-bond acceptors (Lipinski definition) is 6. The molecule has 0 saturated carbocycles. The Kier molecular flexibility index (Phi) is 4.95. The minimum absolute atomic E-state index is 0.0375. The summed E-state index contributed by atoms with van der Waals surface area (Å²) < 4.78 is 6.37. The van der Waals surface area contributed by atoms with Crippen molar-refractivity contribution in [2.24, 2.45) is 0 Å². The number of nitrogens with zero attached hydrogens (tertiary/aromatic N) is 1. The highest BCUT2D eigenvalue weighted by Crippen LogP contribution is 2.24. The molecule has 8 nitrogen and oxygen atoms in total. The number of methoxy groups -OCH3 is 1. The largest absolute Gasteiger partial charge is 0.497 e. The number of carbonyl (C=O) groups excluding carboxylic acids is 1. The van der Waals surface area contributed by atoms with Crippen LogP contribution in [0.1, 0.15) is 18.0 Å².